The predicted octanol–water partition coefficient (Wildman–Crippen LogP) is 4.47. The molecule has 0 N–H and O–H groups in total. The molecule has 0 spiro atoms. The van der Waals surface area contributed by atoms with Crippen molar-refractivity contribution in [1.82, 2.24) is 4.90 Å². The number of rotatable bonds is 1. The normalized spacial score (nSPS) is 22.7. The van der Waals surface area contributed by atoms with Gasteiger partial charge in [-0.15, -0.1) is 0 Å². The SMILES string of the molecule is CC(C)(C)CN1CCCCCCCCCC1. The molecule has 0 saturated carbocycles. The van der Waals surface area contributed by atoms with Gasteiger partial charge >= 0.3 is 0 Å². The number of hydrogen-bond donors (Lipinski definition) is 0. The van der Waals surface area contributed by atoms with Gasteiger partial charge in [-0.3, -0.25) is 0 Å². The van der Waals surface area contributed by atoms with Gasteiger partial charge in [-0.05, 0) is 31.3 Å². The fourth-order valence-electron chi connectivity index (χ4n) is 2.67. The van der Waals surface area contributed by atoms with E-state index in [1.54, 1.807) is 0 Å². The monoisotopic (exact) mass is 225 g/mol. The highest BCUT2D eigenvalue weighted by Crippen LogP contribution is 2.18. The Labute approximate surface area is 103 Å². The molecule has 16 heavy (non-hydrogen) atoms. The summed E-state index contributed by atoms with van der Waals surface area (Å²) in [6.07, 6.45) is 11.6. The lowest BCUT2D eigenvalue weighted by Crippen LogP contribution is -2.34. The molecule has 0 atom stereocenters. The van der Waals surface area contributed by atoms with Crippen LogP contribution in [0.4, 0.5) is 0 Å². The maximum atomic E-state index is 2.70. The van der Waals surface area contributed by atoms with Crippen molar-refractivity contribution in [2.45, 2.75) is 72.1 Å². The van der Waals surface area contributed by atoms with Crippen LogP contribution in [0, 0.1) is 5.41 Å². The van der Waals surface area contributed by atoms with Crippen molar-refractivity contribution < 1.29 is 0 Å². The largest absolute Gasteiger partial charge is 0.303 e. The Balaban J connectivity index is 2.33. The minimum Gasteiger partial charge on any atom is -0.303 e. The van der Waals surface area contributed by atoms with Crippen molar-refractivity contribution in [3.63, 3.8) is 0 Å². The van der Waals surface area contributed by atoms with E-state index < -0.39 is 0 Å². The zero-order chi connectivity index (χ0) is 11.9. The third-order valence-corrected chi connectivity index (χ3v) is 3.40. The van der Waals surface area contributed by atoms with Gasteiger partial charge in [0, 0.05) is 6.54 Å². The summed E-state index contributed by atoms with van der Waals surface area (Å²) in [6, 6.07) is 0. The molecule has 0 aromatic rings. The minimum atomic E-state index is 0.459. The molecule has 0 bridgehead atoms. The van der Waals surface area contributed by atoms with E-state index in [4.69, 9.17) is 0 Å². The molecule has 1 heterocycles. The first-order chi connectivity index (χ1) is 7.58. The van der Waals surface area contributed by atoms with Crippen molar-refractivity contribution >= 4 is 0 Å². The van der Waals surface area contributed by atoms with Gasteiger partial charge in [-0.2, -0.15) is 0 Å². The molecule has 0 radical (unpaired) electrons. The first kappa shape index (κ1) is 14.0. The second kappa shape index (κ2) is 7.32. The van der Waals surface area contributed by atoms with Gasteiger partial charge < -0.3 is 4.90 Å². The van der Waals surface area contributed by atoms with E-state index in [1.165, 1.54) is 71.0 Å². The van der Waals surface area contributed by atoms with Gasteiger partial charge in [-0.1, -0.05) is 59.3 Å². The molecule has 1 fully saturated rings. The molecule has 0 unspecified atom stereocenters. The van der Waals surface area contributed by atoms with Crippen molar-refractivity contribution in [3.8, 4) is 0 Å². The molecular formula is C15H31N. The van der Waals surface area contributed by atoms with E-state index in [0.717, 1.165) is 0 Å². The highest BCUT2D eigenvalue weighted by Gasteiger charge is 2.15. The van der Waals surface area contributed by atoms with Gasteiger partial charge in [0.2, 0.25) is 0 Å². The second-order valence-corrected chi connectivity index (χ2v) is 6.67. The Morgan fingerprint density at radius 2 is 1.06 bits per heavy atom. The summed E-state index contributed by atoms with van der Waals surface area (Å²) in [7, 11) is 0. The average Bonchev–Trinajstić information content (AvgIpc) is 2.22. The summed E-state index contributed by atoms with van der Waals surface area (Å²) in [6.45, 7) is 11.0. The van der Waals surface area contributed by atoms with Crippen LogP contribution in [-0.2, 0) is 0 Å². The van der Waals surface area contributed by atoms with Gasteiger partial charge in [0.15, 0.2) is 0 Å². The summed E-state index contributed by atoms with van der Waals surface area (Å²) >= 11 is 0. The Kier molecular flexibility index (Phi) is 6.41. The molecule has 1 rings (SSSR count). The third-order valence-electron chi connectivity index (χ3n) is 3.40. The van der Waals surface area contributed by atoms with Crippen LogP contribution in [0.2, 0.25) is 0 Å². The topological polar surface area (TPSA) is 3.24 Å². The quantitative estimate of drug-likeness (QED) is 0.636. The molecule has 0 aliphatic carbocycles. The zero-order valence-corrected chi connectivity index (χ0v) is 11.7. The lowest BCUT2D eigenvalue weighted by Gasteiger charge is -2.30. The molecule has 1 aliphatic heterocycles. The molecule has 1 aliphatic rings. The van der Waals surface area contributed by atoms with E-state index in [0.29, 0.717) is 5.41 Å². The van der Waals surface area contributed by atoms with Crippen molar-refractivity contribution in [1.29, 1.82) is 0 Å². The Morgan fingerprint density at radius 1 is 0.688 bits per heavy atom. The van der Waals surface area contributed by atoms with Crippen LogP contribution in [0.1, 0.15) is 72.1 Å². The van der Waals surface area contributed by atoms with Gasteiger partial charge in [0.1, 0.15) is 0 Å². The van der Waals surface area contributed by atoms with Crippen LogP contribution in [0.5, 0.6) is 0 Å². The lowest BCUT2D eigenvalue weighted by molar-refractivity contribution is 0.185. The van der Waals surface area contributed by atoms with Crippen molar-refractivity contribution in [2.75, 3.05) is 19.6 Å². The summed E-state index contributed by atoms with van der Waals surface area (Å²) in [4.78, 5) is 2.70. The van der Waals surface area contributed by atoms with Gasteiger partial charge in [0.05, 0.1) is 0 Å². The van der Waals surface area contributed by atoms with E-state index in [-0.39, 0.29) is 0 Å². The molecule has 1 saturated heterocycles. The predicted molar refractivity (Wildman–Crippen MR) is 72.8 cm³/mol. The summed E-state index contributed by atoms with van der Waals surface area (Å²) < 4.78 is 0. The fourth-order valence-corrected chi connectivity index (χ4v) is 2.67. The lowest BCUT2D eigenvalue weighted by atomic mass is 9.95. The molecule has 96 valence electrons. The zero-order valence-electron chi connectivity index (χ0n) is 11.7. The van der Waals surface area contributed by atoms with E-state index in [2.05, 4.69) is 25.7 Å². The molecule has 0 aromatic heterocycles. The number of hydrogen-bond acceptors (Lipinski definition) is 1. The summed E-state index contributed by atoms with van der Waals surface area (Å²) in [5, 5.41) is 0. The highest BCUT2D eigenvalue weighted by atomic mass is 15.1. The fraction of sp³-hybridized carbons (Fsp3) is 1.00. The van der Waals surface area contributed by atoms with Crippen LogP contribution in [0.25, 0.3) is 0 Å². The van der Waals surface area contributed by atoms with E-state index in [1.807, 2.05) is 0 Å². The first-order valence-electron chi connectivity index (χ1n) is 7.30. The molecule has 0 aromatic carbocycles. The Morgan fingerprint density at radius 3 is 1.44 bits per heavy atom. The highest BCUT2D eigenvalue weighted by molar-refractivity contribution is 4.69. The maximum absolute atomic E-state index is 2.70. The Bertz CT molecular complexity index is 157. The second-order valence-electron chi connectivity index (χ2n) is 6.67. The van der Waals surface area contributed by atoms with Crippen LogP contribution in [0.3, 0.4) is 0 Å². The molecule has 1 nitrogen and oxygen atoms in total. The molecule has 0 amide bonds. The van der Waals surface area contributed by atoms with Gasteiger partial charge in [0.25, 0.3) is 0 Å². The molecule has 1 heteroatoms. The maximum Gasteiger partial charge on any atom is 0.00300 e. The van der Waals surface area contributed by atoms with Crippen molar-refractivity contribution in [2.24, 2.45) is 5.41 Å². The van der Waals surface area contributed by atoms with Crippen LogP contribution in [0.15, 0.2) is 0 Å². The van der Waals surface area contributed by atoms with E-state index in [9.17, 15) is 0 Å². The minimum absolute atomic E-state index is 0.459. The summed E-state index contributed by atoms with van der Waals surface area (Å²) in [5.41, 5.74) is 0.459. The first-order valence-corrected chi connectivity index (χ1v) is 7.30. The standard InChI is InChI=1S/C15H31N/c1-15(2,3)14-16-12-10-8-6-4-5-7-9-11-13-16/h4-14H2,1-3H3. The Hall–Kier alpha value is -0.0400. The number of nitrogens with zero attached hydrogens (tertiary/aromatic N) is 1. The van der Waals surface area contributed by atoms with Crippen LogP contribution in [-0.4, -0.2) is 24.5 Å². The molecular weight excluding hydrogens is 194 g/mol. The van der Waals surface area contributed by atoms with Crippen molar-refractivity contribution in [3.05, 3.63) is 0 Å². The van der Waals surface area contributed by atoms with Gasteiger partial charge in [-0.25, -0.2) is 0 Å². The van der Waals surface area contributed by atoms with Crippen LogP contribution < -0.4 is 0 Å². The van der Waals surface area contributed by atoms with E-state index >= 15 is 0 Å². The summed E-state index contributed by atoms with van der Waals surface area (Å²) in [5.74, 6) is 0. The van der Waals surface area contributed by atoms with Crippen LogP contribution >= 0.6 is 0 Å². The third kappa shape index (κ3) is 7.27. The smallest absolute Gasteiger partial charge is 0.00300 e. The average molecular weight is 225 g/mol.